The van der Waals surface area contributed by atoms with Gasteiger partial charge in [-0.1, -0.05) is 148 Å². The Morgan fingerprint density at radius 3 is 1.74 bits per heavy atom. The Bertz CT molecular complexity index is 5480. The number of thioether (sulfide) groups is 2. The van der Waals surface area contributed by atoms with E-state index in [0.717, 1.165) is 43.4 Å². The number of carbonyl (C=O) groups is 2. The minimum absolute atomic E-state index is 0.0900. The number of hydrogen-bond acceptors (Lipinski definition) is 10. The molecule has 1 atom stereocenters. The predicted molar refractivity (Wildman–Crippen MR) is 363 cm³/mol. The van der Waals surface area contributed by atoms with E-state index in [2.05, 4.69) is 9.97 Å². The van der Waals surface area contributed by atoms with Crippen LogP contribution in [-0.2, 0) is 78.6 Å². The van der Waals surface area contributed by atoms with E-state index in [9.17, 15) is 58.4 Å². The van der Waals surface area contributed by atoms with Gasteiger partial charge in [0.05, 0.1) is 36.3 Å². The minimum Gasteiger partial charge on any atom is -0.336 e. The van der Waals surface area contributed by atoms with Crippen molar-refractivity contribution in [1.29, 1.82) is 0 Å². The van der Waals surface area contributed by atoms with E-state index >= 15 is 0 Å². The first-order chi connectivity index (χ1) is 56.6. The van der Waals surface area contributed by atoms with Crippen molar-refractivity contribution < 1.29 is 83.1 Å². The summed E-state index contributed by atoms with van der Waals surface area (Å²) in [5.41, 5.74) is -8.43. The number of rotatable bonds is 26. The highest BCUT2D eigenvalue weighted by molar-refractivity contribution is 7.98. The normalized spacial score (nSPS) is 20.0. The fraction of sp³-hybridized carbons (Fsp3) is 0.378. The van der Waals surface area contributed by atoms with Gasteiger partial charge in [0.2, 0.25) is 11.8 Å². The van der Waals surface area contributed by atoms with Gasteiger partial charge in [0.1, 0.15) is 24.7 Å². The number of halogens is 8. The molecule has 0 N–H and O–H groups in total. The molecule has 2 aromatic heterocycles. The van der Waals surface area contributed by atoms with Crippen LogP contribution in [-0.4, -0.2) is 103 Å². The zero-order valence-corrected chi connectivity index (χ0v) is 53.9. The van der Waals surface area contributed by atoms with E-state index < -0.39 is 246 Å². The number of benzene rings is 6. The molecule has 0 aliphatic heterocycles. The molecule has 0 bridgehead atoms. The molecular weight excluding hydrogens is 1280 g/mol. The number of likely N-dealkylation sites (N-methyl/N-ethyl adjacent to an activating group) is 2. The molecule has 8 aromatic rings. The lowest BCUT2D eigenvalue weighted by molar-refractivity contribution is -0.138. The smallest absolute Gasteiger partial charge is 0.336 e. The van der Waals surface area contributed by atoms with Crippen molar-refractivity contribution in [3.05, 3.63) is 233 Å². The Hall–Kier alpha value is -7.92. The molecule has 0 saturated carbocycles. The summed E-state index contributed by atoms with van der Waals surface area (Å²) in [6, 6.07) is 1.71. The van der Waals surface area contributed by atoms with Gasteiger partial charge in [0.25, 0.3) is 11.1 Å². The maximum atomic E-state index is 15.0. The van der Waals surface area contributed by atoms with Gasteiger partial charge >= 0.3 is 12.4 Å². The second-order valence-electron chi connectivity index (χ2n) is 21.1. The van der Waals surface area contributed by atoms with Gasteiger partial charge < -0.3 is 28.7 Å². The van der Waals surface area contributed by atoms with Crippen LogP contribution in [0, 0.1) is 18.6 Å². The third-order valence-corrected chi connectivity index (χ3v) is 17.1. The van der Waals surface area contributed by atoms with Gasteiger partial charge in [-0.05, 0) is 171 Å². The van der Waals surface area contributed by atoms with Gasteiger partial charge in [-0.25, -0.2) is 8.78 Å². The van der Waals surface area contributed by atoms with Crippen LogP contribution < -0.4 is 11.1 Å². The summed E-state index contributed by atoms with van der Waals surface area (Å²) < 4.78 is 350. The van der Waals surface area contributed by atoms with Gasteiger partial charge in [0, 0.05) is 85.9 Å². The van der Waals surface area contributed by atoms with Crippen LogP contribution in [0.1, 0.15) is 153 Å². The Balaban J connectivity index is 0.000000293. The van der Waals surface area contributed by atoms with Crippen LogP contribution in [0.25, 0.3) is 22.3 Å². The zero-order chi connectivity index (χ0) is 93.7. The van der Waals surface area contributed by atoms with Gasteiger partial charge in [-0.15, -0.1) is 0 Å². The summed E-state index contributed by atoms with van der Waals surface area (Å²) in [5.74, 6) is -4.63. The van der Waals surface area contributed by atoms with Crippen molar-refractivity contribution in [2.75, 3.05) is 52.2 Å². The van der Waals surface area contributed by atoms with Crippen LogP contribution in [0.2, 0.25) is 0 Å². The number of nitrogens with zero attached hydrogens (tertiary/aromatic N) is 8. The molecule has 1 unspecified atom stereocenters. The topological polar surface area (TPSA) is 117 Å². The fourth-order valence-electron chi connectivity index (χ4n) is 9.99. The molecule has 2 heterocycles. The predicted octanol–water partition coefficient (Wildman–Crippen LogP) is 15.3. The second-order valence-corrected chi connectivity index (χ2v) is 23.0. The molecule has 2 aliphatic rings. The van der Waals surface area contributed by atoms with Crippen LogP contribution in [0.5, 0.6) is 0 Å². The van der Waals surface area contributed by atoms with Gasteiger partial charge in [0.15, 0.2) is 10.3 Å². The highest BCUT2D eigenvalue weighted by atomic mass is 32.2. The van der Waals surface area contributed by atoms with Crippen molar-refractivity contribution in [3.8, 4) is 22.3 Å². The molecular formula is C74H80F8N8O4S2. The fourth-order valence-corrected chi connectivity index (χ4v) is 11.8. The molecule has 96 heavy (non-hydrogen) atoms. The lowest BCUT2D eigenvalue weighted by Crippen LogP contribution is -2.42. The van der Waals surface area contributed by atoms with Crippen LogP contribution in [0.15, 0.2) is 159 Å². The molecule has 22 heteroatoms. The monoisotopic (exact) mass is 1390 g/mol. The third-order valence-electron chi connectivity index (χ3n) is 15.0. The van der Waals surface area contributed by atoms with E-state index in [1.807, 2.05) is 0 Å². The van der Waals surface area contributed by atoms with E-state index in [-0.39, 0.29) is 47.0 Å². The summed E-state index contributed by atoms with van der Waals surface area (Å²) in [5, 5.41) is -0.568. The van der Waals surface area contributed by atoms with Gasteiger partial charge in [-0.3, -0.25) is 19.2 Å². The molecule has 0 saturated heterocycles. The van der Waals surface area contributed by atoms with Crippen molar-refractivity contribution in [1.82, 2.24) is 38.7 Å². The van der Waals surface area contributed by atoms with Crippen molar-refractivity contribution in [2.24, 2.45) is 0 Å². The van der Waals surface area contributed by atoms with Gasteiger partial charge in [-0.2, -0.15) is 36.3 Å². The summed E-state index contributed by atoms with van der Waals surface area (Å²) in [7, 11) is 0. The minimum atomic E-state index is -5.26. The third kappa shape index (κ3) is 18.6. The molecule has 12 nitrogen and oxygen atoms in total. The first-order valence-corrected chi connectivity index (χ1v) is 31.3. The molecule has 0 radical (unpaired) electrons. The molecule has 508 valence electrons. The Kier molecular flexibility index (Phi) is 14.9. The van der Waals surface area contributed by atoms with E-state index in [1.165, 1.54) is 61.7 Å². The quantitative estimate of drug-likeness (QED) is 0.0295. The van der Waals surface area contributed by atoms with Crippen LogP contribution >= 0.6 is 23.5 Å². The van der Waals surface area contributed by atoms with Crippen molar-refractivity contribution in [3.63, 3.8) is 0 Å². The molecule has 2 aliphatic carbocycles. The lowest BCUT2D eigenvalue weighted by Gasteiger charge is -2.33. The van der Waals surface area contributed by atoms with E-state index in [4.69, 9.17) is 34.3 Å². The average Bonchev–Trinajstić information content (AvgIpc) is 1.51. The standard InChI is InChI=1S/2C37H40F4N4O2S/c1-4-43(5-2)21-22-44(25(3)27-11-13-28(14-12-27)29-15-17-30(18-16-29)37(39,40)41)34(46)23-45-33-8-6-7-32(33)35(47)42-36(45)48-24-26-9-19-31(38)20-10-26;1-4-43(5-2)19-20-44(22-26-9-13-28(14-10-26)29-15-18-32(25(3)21-29)37(39,40)41)34(46)23-45-33-8-6-7-31(33)35(47)42-36(45)48-24-27-11-16-30(38)17-12-27/h9-20,25H,4-8,21-24H2,1-3H3;9-18,21H,4-8,19-20,22-24H2,1-3H3/i4D2,5D2,25D;4D2,5D2,6D2,7D2,8D2,9D,10D,11D,12D,13D,14D,15D,16D,17D,18D,21D,22D2. The number of carbonyl (C=O) groups excluding carboxylic acids is 2. The average molecular weight is 1390 g/mol. The Labute approximate surface area is 603 Å². The van der Waals surface area contributed by atoms with Crippen LogP contribution in [0.3, 0.4) is 0 Å². The molecule has 2 amide bonds. The Morgan fingerprint density at radius 1 is 0.604 bits per heavy atom. The number of hydrogen-bond donors (Lipinski definition) is 0. The van der Waals surface area contributed by atoms with E-state index in [0.29, 0.717) is 62.4 Å². The highest BCUT2D eigenvalue weighted by Gasteiger charge is 2.34. The number of fused-ring (bicyclic) bond motifs is 2. The summed E-state index contributed by atoms with van der Waals surface area (Å²) >= 11 is 1.47. The van der Waals surface area contributed by atoms with Crippen LogP contribution in [0.4, 0.5) is 35.1 Å². The van der Waals surface area contributed by atoms with Crippen molar-refractivity contribution >= 4 is 35.3 Å². The molecule has 10 rings (SSSR count). The maximum absolute atomic E-state index is 15.0. The largest absolute Gasteiger partial charge is 0.416 e. The maximum Gasteiger partial charge on any atom is 0.416 e. The summed E-state index contributed by atoms with van der Waals surface area (Å²) in [6.45, 7) is -11.4. The highest BCUT2D eigenvalue weighted by Crippen LogP contribution is 2.36. The number of amides is 2. The molecule has 0 fully saturated rings. The zero-order valence-electron chi connectivity index (χ0n) is 80.3. The SMILES string of the molecule is [2H]C([2H])(C)N(CCN(C(=O)Cn1c(SCc2ccc(F)cc2)nc(=O)c2c1CCC2)C([2H])(C)c1ccc(-c2ccc(C(F)(F)F)cc2)cc1)C([2H])([2H])C.[2H]c1c([2H])c(CSc2nc(=O)c3c(n2CC(=O)N(CCN(C([2H])([2H])C)C([2H])([2H])C)C([2H])([2H])c2c([2H])c([2H])c(-c4c([2H])c([2H])c(C(F)(F)F)c(C)c4[2H])c([2H])c2[2H])C([2H])([2H])C([2H])([2H])C3([2H])[2H])c([2H])c([2H])c1F. The van der Waals surface area contributed by atoms with Crippen molar-refractivity contribution in [2.45, 2.75) is 140 Å². The first-order valence-electron chi connectivity index (χ1n) is 43.4. The summed E-state index contributed by atoms with van der Waals surface area (Å²) in [4.78, 5) is 67.0. The first kappa shape index (κ1) is 43.4. The second kappa shape index (κ2) is 32.9. The molecule has 6 aromatic carbocycles. The van der Waals surface area contributed by atoms with E-state index in [1.54, 1.807) is 41.0 Å². The summed E-state index contributed by atoms with van der Waals surface area (Å²) in [6.07, 6.45) is -18.8. The number of aromatic nitrogens is 4. The molecule has 0 spiro atoms. The number of alkyl halides is 6. The Morgan fingerprint density at radius 2 is 1.15 bits per heavy atom. The lowest BCUT2D eigenvalue weighted by atomic mass is 9.98.